The third-order valence-electron chi connectivity index (χ3n) is 11.4. The van der Waals surface area contributed by atoms with Gasteiger partial charge >= 0.3 is 17.9 Å². The van der Waals surface area contributed by atoms with Crippen molar-refractivity contribution in [3.8, 4) is 0 Å². The van der Waals surface area contributed by atoms with Crippen LogP contribution in [-0.2, 0) is 28.6 Å². The summed E-state index contributed by atoms with van der Waals surface area (Å²) in [7, 11) is 5.52. The summed E-state index contributed by atoms with van der Waals surface area (Å²) in [6.45, 7) is 4.61. The van der Waals surface area contributed by atoms with Crippen LogP contribution >= 0.6 is 0 Å². The van der Waals surface area contributed by atoms with Crippen molar-refractivity contribution < 1.29 is 38.2 Å². The Labute approximate surface area is 393 Å². The summed E-state index contributed by atoms with van der Waals surface area (Å²) in [6.07, 6.45) is 59.5. The van der Waals surface area contributed by atoms with Crippen LogP contribution in [0.4, 0.5) is 0 Å². The smallest absolute Gasteiger partial charge is 0.362 e. The maximum Gasteiger partial charge on any atom is 0.362 e. The number of aliphatic carboxylic acids is 1. The van der Waals surface area contributed by atoms with Crippen LogP contribution in [-0.4, -0.2) is 80.6 Å². The lowest BCUT2D eigenvalue weighted by molar-refractivity contribution is -0.887. The highest BCUT2D eigenvalue weighted by atomic mass is 16.6. The number of rotatable bonds is 46. The highest BCUT2D eigenvalue weighted by Crippen LogP contribution is 2.15. The van der Waals surface area contributed by atoms with Crippen molar-refractivity contribution in [2.45, 2.75) is 225 Å². The fraction of sp³-hybridized carbons (Fsp3) is 0.732. The molecule has 0 heterocycles. The quantitative estimate of drug-likeness (QED) is 0.0281. The molecule has 2 unspecified atom stereocenters. The Morgan fingerprint density at radius 2 is 0.875 bits per heavy atom. The van der Waals surface area contributed by atoms with Gasteiger partial charge in [0.1, 0.15) is 6.61 Å². The van der Waals surface area contributed by atoms with Gasteiger partial charge < -0.3 is 23.8 Å². The molecule has 368 valence electrons. The van der Waals surface area contributed by atoms with E-state index in [9.17, 15) is 19.5 Å². The monoisotopic (exact) mass is 897 g/mol. The van der Waals surface area contributed by atoms with Crippen molar-refractivity contribution in [3.63, 3.8) is 0 Å². The number of carboxylic acid groups (broad SMARTS) is 1. The van der Waals surface area contributed by atoms with E-state index in [0.29, 0.717) is 19.3 Å². The van der Waals surface area contributed by atoms with Gasteiger partial charge in [0.2, 0.25) is 0 Å². The minimum atomic E-state index is -0.880. The number of carbonyl (C=O) groups is 3. The van der Waals surface area contributed by atoms with Gasteiger partial charge in [0, 0.05) is 19.3 Å². The molecular weight excluding hydrogens is 799 g/mol. The molecule has 0 aromatic rings. The molecule has 0 aromatic carbocycles. The van der Waals surface area contributed by atoms with Gasteiger partial charge in [-0.15, -0.1) is 0 Å². The first-order chi connectivity index (χ1) is 31.1. The lowest BCUT2D eigenvalue weighted by Crippen LogP contribution is -2.50. The Morgan fingerprint density at radius 3 is 1.30 bits per heavy atom. The SMILES string of the molecule is CC/C=C/C/C=C/C/C=C/C/C=C/C/C=C/C/C=C/CCCCCCC(=O)OC(COCCC(C(=O)O)[N+](C)(C)C)COC(=O)CCCCCCCCCCCCCCCCCCC. The Hall–Kier alpha value is -3.23. The minimum absolute atomic E-state index is 0.0492. The first-order valence-corrected chi connectivity index (χ1v) is 26.0. The lowest BCUT2D eigenvalue weighted by Gasteiger charge is -2.31. The molecule has 0 amide bonds. The van der Waals surface area contributed by atoms with E-state index in [1.54, 1.807) is 0 Å². The predicted molar refractivity (Wildman–Crippen MR) is 270 cm³/mol. The van der Waals surface area contributed by atoms with Crippen molar-refractivity contribution in [2.75, 3.05) is 41.0 Å². The number of likely N-dealkylation sites (N-methyl/N-ethyl adjacent to an activating group) is 1. The van der Waals surface area contributed by atoms with Crippen molar-refractivity contribution in [2.24, 2.45) is 0 Å². The maximum atomic E-state index is 12.8. The molecule has 0 saturated heterocycles. The number of quaternary nitrogens is 1. The second-order valence-corrected chi connectivity index (χ2v) is 18.4. The van der Waals surface area contributed by atoms with Gasteiger partial charge in [-0.05, 0) is 64.2 Å². The zero-order valence-corrected chi connectivity index (χ0v) is 42.0. The van der Waals surface area contributed by atoms with E-state index in [2.05, 4.69) is 86.8 Å². The average Bonchev–Trinajstić information content (AvgIpc) is 3.26. The van der Waals surface area contributed by atoms with Crippen LogP contribution in [0.2, 0.25) is 0 Å². The van der Waals surface area contributed by atoms with Crippen LogP contribution in [0.25, 0.3) is 0 Å². The maximum absolute atomic E-state index is 12.8. The fourth-order valence-electron chi connectivity index (χ4n) is 7.39. The molecule has 0 aliphatic heterocycles. The standard InChI is InChI=1S/C56H97NO7/c1-6-8-10-12-14-16-18-20-22-24-25-26-27-28-29-31-33-35-37-39-41-43-45-47-55(59)64-52(50-62-49-48-53(56(60)61)57(3,4)5)51-63-54(58)46-44-42-40-38-36-34-32-30-23-21-19-17-15-13-11-9-7-2/h8,10,14,16,20,22,25-26,28-29,33,35,52-53H,6-7,9,11-13,15,17-19,21,23-24,27,30-32,34,36-51H2,1-5H3/p+1/b10-8+,16-14+,22-20+,26-25+,29-28+,35-33+. The summed E-state index contributed by atoms with van der Waals surface area (Å²) in [5.41, 5.74) is 0. The van der Waals surface area contributed by atoms with Crippen LogP contribution in [0.5, 0.6) is 0 Å². The van der Waals surface area contributed by atoms with E-state index in [-0.39, 0.29) is 36.2 Å². The third-order valence-corrected chi connectivity index (χ3v) is 11.4. The molecule has 64 heavy (non-hydrogen) atoms. The largest absolute Gasteiger partial charge is 0.477 e. The highest BCUT2D eigenvalue weighted by Gasteiger charge is 2.31. The first kappa shape index (κ1) is 60.8. The number of hydrogen-bond donors (Lipinski definition) is 1. The number of ether oxygens (including phenoxy) is 3. The second kappa shape index (κ2) is 46.3. The molecule has 1 N–H and O–H groups in total. The zero-order valence-electron chi connectivity index (χ0n) is 42.0. The van der Waals surface area contributed by atoms with E-state index >= 15 is 0 Å². The van der Waals surface area contributed by atoms with Crippen LogP contribution in [0.1, 0.15) is 213 Å². The summed E-state index contributed by atoms with van der Waals surface area (Å²) >= 11 is 0. The van der Waals surface area contributed by atoms with Gasteiger partial charge in [-0.1, -0.05) is 202 Å². The lowest BCUT2D eigenvalue weighted by atomic mass is 10.0. The van der Waals surface area contributed by atoms with Gasteiger partial charge in [-0.2, -0.15) is 0 Å². The van der Waals surface area contributed by atoms with E-state index in [4.69, 9.17) is 14.2 Å². The van der Waals surface area contributed by atoms with Crippen molar-refractivity contribution >= 4 is 17.9 Å². The van der Waals surface area contributed by atoms with Crippen LogP contribution in [0.15, 0.2) is 72.9 Å². The summed E-state index contributed by atoms with van der Waals surface area (Å²) in [5, 5.41) is 9.66. The summed E-state index contributed by atoms with van der Waals surface area (Å²) in [5.74, 6) is -1.50. The van der Waals surface area contributed by atoms with E-state index in [1.807, 2.05) is 21.1 Å². The van der Waals surface area contributed by atoms with Crippen LogP contribution in [0, 0.1) is 0 Å². The molecule has 0 fully saturated rings. The number of esters is 2. The molecule has 0 spiro atoms. The molecule has 8 heteroatoms. The normalized spacial score (nSPS) is 13.5. The Balaban J connectivity index is 4.31. The minimum Gasteiger partial charge on any atom is -0.477 e. The van der Waals surface area contributed by atoms with Crippen molar-refractivity contribution in [1.82, 2.24) is 0 Å². The predicted octanol–water partition coefficient (Wildman–Crippen LogP) is 15.1. The van der Waals surface area contributed by atoms with Crippen molar-refractivity contribution in [3.05, 3.63) is 72.9 Å². The van der Waals surface area contributed by atoms with E-state index < -0.39 is 18.1 Å². The number of unbranched alkanes of at least 4 members (excludes halogenated alkanes) is 20. The van der Waals surface area contributed by atoms with E-state index in [1.165, 1.54) is 89.9 Å². The number of allylic oxidation sites excluding steroid dienone is 12. The fourth-order valence-corrected chi connectivity index (χ4v) is 7.39. The topological polar surface area (TPSA) is 99.1 Å². The summed E-state index contributed by atoms with van der Waals surface area (Å²) in [4.78, 5) is 37.2. The number of nitrogens with zero attached hydrogens (tertiary/aromatic N) is 1. The summed E-state index contributed by atoms with van der Waals surface area (Å²) < 4.78 is 17.3. The Bertz CT molecular complexity index is 1270. The van der Waals surface area contributed by atoms with Gasteiger partial charge in [0.05, 0.1) is 34.4 Å². The average molecular weight is 897 g/mol. The molecule has 0 saturated carbocycles. The molecule has 0 radical (unpaired) electrons. The van der Waals surface area contributed by atoms with Gasteiger partial charge in [-0.25, -0.2) is 4.79 Å². The molecule has 0 rings (SSSR count). The number of hydrogen-bond acceptors (Lipinski definition) is 6. The molecule has 0 aliphatic carbocycles. The van der Waals surface area contributed by atoms with Crippen molar-refractivity contribution in [1.29, 1.82) is 0 Å². The zero-order chi connectivity index (χ0) is 47.0. The van der Waals surface area contributed by atoms with Crippen LogP contribution in [0.3, 0.4) is 0 Å². The Morgan fingerprint density at radius 1 is 0.484 bits per heavy atom. The molecule has 0 aliphatic rings. The molecule has 2 atom stereocenters. The van der Waals surface area contributed by atoms with E-state index in [0.717, 1.165) is 89.9 Å². The first-order valence-electron chi connectivity index (χ1n) is 26.0. The van der Waals surface area contributed by atoms with Gasteiger partial charge in [0.25, 0.3) is 0 Å². The highest BCUT2D eigenvalue weighted by molar-refractivity contribution is 5.72. The van der Waals surface area contributed by atoms with Gasteiger partial charge in [-0.3, -0.25) is 9.59 Å². The Kier molecular flexibility index (Phi) is 44.0. The number of carbonyl (C=O) groups excluding carboxylic acids is 2. The summed E-state index contributed by atoms with van der Waals surface area (Å²) in [6, 6.07) is -0.622. The van der Waals surface area contributed by atoms with Gasteiger partial charge in [0.15, 0.2) is 12.1 Å². The molecule has 0 bridgehead atoms. The third kappa shape index (κ3) is 44.0. The second-order valence-electron chi connectivity index (χ2n) is 18.4. The van der Waals surface area contributed by atoms with Crippen LogP contribution < -0.4 is 0 Å². The molecular formula is C56H98NO7+. The molecule has 8 nitrogen and oxygen atoms in total. The number of carboxylic acids is 1. The molecule has 0 aromatic heterocycles.